The van der Waals surface area contributed by atoms with Crippen LogP contribution in [0.2, 0.25) is 0 Å². The SMILES string of the molecule is CN(CC1CCC(n2cc3cc(NC(=O)c4cccc(C(F)(F)F)n4)c(C(C)(C)O)cc3n2)CC1)C1CCN(c2cccc3c2n(C)c(=O)n3C2CCC(=O)NC2=O)CC1. The monoisotopic (exact) mass is 829 g/mol. The number of hydrogen-bond donors (Lipinski definition) is 3. The van der Waals surface area contributed by atoms with Gasteiger partial charge in [0.25, 0.3) is 5.91 Å². The number of aliphatic hydroxyl groups is 1. The van der Waals surface area contributed by atoms with E-state index in [1.165, 1.54) is 10.6 Å². The molecule has 5 heterocycles. The van der Waals surface area contributed by atoms with Crippen LogP contribution in [0.25, 0.3) is 21.9 Å². The lowest BCUT2D eigenvalue weighted by Crippen LogP contribution is -2.45. The number of pyridine rings is 1. The quantitative estimate of drug-likeness (QED) is 0.154. The van der Waals surface area contributed by atoms with E-state index in [1.54, 1.807) is 37.6 Å². The van der Waals surface area contributed by atoms with Crippen LogP contribution < -0.4 is 21.2 Å². The van der Waals surface area contributed by atoms with Crippen LogP contribution in [0.1, 0.15) is 99.0 Å². The van der Waals surface area contributed by atoms with E-state index in [4.69, 9.17) is 5.10 Å². The summed E-state index contributed by atoms with van der Waals surface area (Å²) in [6.45, 7) is 5.78. The number of nitrogens with one attached hydrogen (secondary N) is 2. The van der Waals surface area contributed by atoms with Gasteiger partial charge in [-0.1, -0.05) is 12.1 Å². The lowest BCUT2D eigenvalue weighted by molar-refractivity contribution is -0.141. The molecule has 3 aliphatic rings. The summed E-state index contributed by atoms with van der Waals surface area (Å²) in [6, 6.07) is 12.2. The number of hydrogen-bond acceptors (Lipinski definition) is 9. The molecule has 0 radical (unpaired) electrons. The van der Waals surface area contributed by atoms with Crippen LogP contribution in [0, 0.1) is 5.92 Å². The fraction of sp³-hybridized carbons (Fsp3) is 0.488. The zero-order chi connectivity index (χ0) is 42.7. The lowest BCUT2D eigenvalue weighted by Gasteiger charge is -2.40. The maximum absolute atomic E-state index is 13.5. The third-order valence-electron chi connectivity index (χ3n) is 12.6. The highest BCUT2D eigenvalue weighted by molar-refractivity contribution is 6.04. The molecule has 8 rings (SSSR count). The Morgan fingerprint density at radius 2 is 1.70 bits per heavy atom. The van der Waals surface area contributed by atoms with Crippen LogP contribution in [0.15, 0.2) is 59.5 Å². The van der Waals surface area contributed by atoms with E-state index in [0.29, 0.717) is 35.0 Å². The Bertz CT molecular complexity index is 2520. The minimum atomic E-state index is -4.70. The van der Waals surface area contributed by atoms with E-state index in [2.05, 4.69) is 32.5 Å². The predicted octanol–water partition coefficient (Wildman–Crippen LogP) is 5.89. The van der Waals surface area contributed by atoms with Gasteiger partial charge in [0.1, 0.15) is 17.4 Å². The van der Waals surface area contributed by atoms with Gasteiger partial charge in [-0.15, -0.1) is 0 Å². The van der Waals surface area contributed by atoms with Crippen molar-refractivity contribution in [2.75, 3.05) is 36.9 Å². The average Bonchev–Trinajstić information content (AvgIpc) is 3.74. The fourth-order valence-corrected chi connectivity index (χ4v) is 9.39. The number of anilines is 2. The molecule has 1 aliphatic carbocycles. The number of para-hydroxylation sites is 1. The molecule has 3 N–H and O–H groups in total. The number of aromatic nitrogens is 5. The summed E-state index contributed by atoms with van der Waals surface area (Å²) in [4.78, 5) is 59.4. The number of imide groups is 1. The number of carbonyl (C=O) groups excluding carboxylic acids is 3. The minimum absolute atomic E-state index is 0.170. The van der Waals surface area contributed by atoms with Gasteiger partial charge >= 0.3 is 11.9 Å². The van der Waals surface area contributed by atoms with Gasteiger partial charge in [0, 0.05) is 62.0 Å². The first kappa shape index (κ1) is 41.2. The Balaban J connectivity index is 0.885. The van der Waals surface area contributed by atoms with Gasteiger partial charge in [-0.05, 0) is 108 Å². The summed E-state index contributed by atoms with van der Waals surface area (Å²) in [5.74, 6) is -1.06. The van der Waals surface area contributed by atoms with E-state index >= 15 is 0 Å². The number of imidazole rings is 1. The first-order valence-electron chi connectivity index (χ1n) is 20.6. The first-order chi connectivity index (χ1) is 28.5. The van der Waals surface area contributed by atoms with Crippen molar-refractivity contribution >= 4 is 51.0 Å². The molecule has 2 saturated heterocycles. The van der Waals surface area contributed by atoms with Gasteiger partial charge in [0.05, 0.1) is 33.9 Å². The maximum atomic E-state index is 13.5. The number of nitrogens with zero attached hydrogens (tertiary/aromatic N) is 7. The van der Waals surface area contributed by atoms with Crippen LogP contribution in [-0.4, -0.2) is 84.4 Å². The molecule has 60 heavy (non-hydrogen) atoms. The van der Waals surface area contributed by atoms with Crippen molar-refractivity contribution < 1.29 is 32.7 Å². The Kier molecular flexibility index (Phi) is 10.9. The summed E-state index contributed by atoms with van der Waals surface area (Å²) in [6.07, 6.45) is 3.59. The van der Waals surface area contributed by atoms with Crippen molar-refractivity contribution in [2.24, 2.45) is 13.0 Å². The fourth-order valence-electron chi connectivity index (χ4n) is 9.39. The number of benzene rings is 2. The van der Waals surface area contributed by atoms with Crippen LogP contribution in [0.5, 0.6) is 0 Å². The van der Waals surface area contributed by atoms with Crippen molar-refractivity contribution in [1.29, 1.82) is 0 Å². The molecule has 5 aromatic rings. The number of aryl methyl sites for hydroxylation is 1. The van der Waals surface area contributed by atoms with Gasteiger partial charge in [-0.2, -0.15) is 18.3 Å². The molecule has 1 saturated carbocycles. The first-order valence-corrected chi connectivity index (χ1v) is 20.6. The second-order valence-corrected chi connectivity index (χ2v) is 17.1. The Hall–Kier alpha value is -5.55. The van der Waals surface area contributed by atoms with E-state index < -0.39 is 41.0 Å². The standard InChI is InChI=1S/C43H50F3N9O5/c1-42(2,60)29-22-31-26(21-32(29)48-39(57)30-7-5-10-36(47-30)43(44,45)46)24-54(50-31)28-13-11-25(12-14-28)23-51(3)27-17-19-53(20-18-27)33-8-6-9-34-38(33)52(4)41(59)55(34)35-15-16-37(56)49-40(35)58/h5-10,21-22,24-25,27-28,35,60H,11-20,23H2,1-4H3,(H,48,57)(H,49,56,58). The summed E-state index contributed by atoms with van der Waals surface area (Å²) in [5.41, 5.74) is 0.515. The lowest BCUT2D eigenvalue weighted by atomic mass is 9.85. The third-order valence-corrected chi connectivity index (χ3v) is 12.6. The third kappa shape index (κ3) is 8.04. The van der Waals surface area contributed by atoms with Crippen molar-refractivity contribution in [3.8, 4) is 0 Å². The van der Waals surface area contributed by atoms with Gasteiger partial charge in [-0.3, -0.25) is 33.5 Å². The molecule has 17 heteroatoms. The smallest absolute Gasteiger partial charge is 0.386 e. The Morgan fingerprint density at radius 1 is 0.983 bits per heavy atom. The summed E-state index contributed by atoms with van der Waals surface area (Å²) < 4.78 is 44.9. The number of alkyl halides is 3. The van der Waals surface area contributed by atoms with Crippen LogP contribution >= 0.6 is 0 Å². The molecule has 0 bridgehead atoms. The molecule has 3 fully saturated rings. The van der Waals surface area contributed by atoms with Crippen molar-refractivity contribution in [3.05, 3.63) is 82.2 Å². The van der Waals surface area contributed by atoms with Crippen LogP contribution in [0.4, 0.5) is 24.5 Å². The van der Waals surface area contributed by atoms with Gasteiger partial charge in [0.2, 0.25) is 11.8 Å². The normalized spacial score (nSPS) is 20.9. The van der Waals surface area contributed by atoms with Gasteiger partial charge in [0.15, 0.2) is 0 Å². The highest BCUT2D eigenvalue weighted by Gasteiger charge is 2.35. The minimum Gasteiger partial charge on any atom is -0.386 e. The molecular formula is C43H50F3N9O5. The highest BCUT2D eigenvalue weighted by atomic mass is 19.4. The predicted molar refractivity (Wildman–Crippen MR) is 220 cm³/mol. The number of halogens is 3. The maximum Gasteiger partial charge on any atom is 0.433 e. The van der Waals surface area contributed by atoms with Crippen molar-refractivity contribution in [1.82, 2.24) is 34.1 Å². The zero-order valence-corrected chi connectivity index (χ0v) is 34.1. The molecule has 2 aliphatic heterocycles. The molecule has 3 amide bonds. The number of amides is 3. The largest absolute Gasteiger partial charge is 0.433 e. The molecule has 0 spiro atoms. The summed E-state index contributed by atoms with van der Waals surface area (Å²) in [7, 11) is 3.94. The molecule has 2 aromatic carbocycles. The molecule has 14 nitrogen and oxygen atoms in total. The number of piperidine rings is 2. The topological polar surface area (TPSA) is 160 Å². The summed E-state index contributed by atoms with van der Waals surface area (Å²) >= 11 is 0. The van der Waals surface area contributed by atoms with E-state index in [0.717, 1.165) is 86.9 Å². The van der Waals surface area contributed by atoms with Gasteiger partial charge < -0.3 is 20.2 Å². The second kappa shape index (κ2) is 15.8. The van der Waals surface area contributed by atoms with Crippen LogP contribution in [-0.2, 0) is 28.4 Å². The molecule has 318 valence electrons. The summed E-state index contributed by atoms with van der Waals surface area (Å²) in [5, 5.41) is 21.7. The molecule has 1 unspecified atom stereocenters. The number of fused-ring (bicyclic) bond motifs is 2. The zero-order valence-electron chi connectivity index (χ0n) is 34.1. The van der Waals surface area contributed by atoms with Gasteiger partial charge in [-0.25, -0.2) is 9.78 Å². The Labute approximate surface area is 344 Å². The highest BCUT2D eigenvalue weighted by Crippen LogP contribution is 2.37. The van der Waals surface area contributed by atoms with E-state index in [9.17, 15) is 37.5 Å². The second-order valence-electron chi connectivity index (χ2n) is 17.1. The van der Waals surface area contributed by atoms with E-state index in [-0.39, 0.29) is 29.7 Å². The molecular weight excluding hydrogens is 780 g/mol. The average molecular weight is 830 g/mol. The number of carbonyl (C=O) groups is 3. The van der Waals surface area contributed by atoms with Crippen LogP contribution in [0.3, 0.4) is 0 Å². The van der Waals surface area contributed by atoms with Crippen molar-refractivity contribution in [3.63, 3.8) is 0 Å². The molecule has 1 atom stereocenters. The Morgan fingerprint density at radius 3 is 2.38 bits per heavy atom. The number of rotatable bonds is 9. The molecule has 3 aromatic heterocycles. The van der Waals surface area contributed by atoms with E-state index in [1.807, 2.05) is 29.1 Å². The van der Waals surface area contributed by atoms with Crippen molar-refractivity contribution in [2.45, 2.75) is 95.1 Å².